The summed E-state index contributed by atoms with van der Waals surface area (Å²) in [6.07, 6.45) is -0.162. The van der Waals surface area contributed by atoms with Crippen LogP contribution in [0.2, 0.25) is 5.02 Å². The van der Waals surface area contributed by atoms with Crippen molar-refractivity contribution in [2.24, 2.45) is 0 Å². The van der Waals surface area contributed by atoms with Crippen LogP contribution in [0.5, 0.6) is 0 Å². The van der Waals surface area contributed by atoms with Crippen molar-refractivity contribution in [3.05, 3.63) is 73.9 Å². The first kappa shape index (κ1) is 15.1. The number of aromatic nitrogens is 2. The highest BCUT2D eigenvalue weighted by molar-refractivity contribution is 6.31. The molecule has 0 atom stereocenters. The van der Waals surface area contributed by atoms with E-state index in [9.17, 15) is 14.4 Å². The lowest BCUT2D eigenvalue weighted by molar-refractivity contribution is -0.136. The molecule has 1 aromatic heterocycles. The molecule has 116 valence electrons. The number of hydrogen-bond donors (Lipinski definition) is 2. The van der Waals surface area contributed by atoms with Crippen LogP contribution < -0.4 is 11.2 Å². The zero-order valence-corrected chi connectivity index (χ0v) is 12.5. The van der Waals surface area contributed by atoms with Gasteiger partial charge < -0.3 is 5.11 Å². The molecular weight excluding hydrogens is 320 g/mol. The topological polar surface area (TPSA) is 92.2 Å². The summed E-state index contributed by atoms with van der Waals surface area (Å²) in [5.41, 5.74) is 0.246. The molecule has 7 heteroatoms. The van der Waals surface area contributed by atoms with E-state index in [1.165, 1.54) is 16.7 Å². The van der Waals surface area contributed by atoms with Crippen molar-refractivity contribution in [2.75, 3.05) is 0 Å². The summed E-state index contributed by atoms with van der Waals surface area (Å²) in [6.45, 7) is 0. The van der Waals surface area contributed by atoms with E-state index in [4.69, 9.17) is 16.7 Å². The fraction of sp³-hybridized carbons (Fsp3) is 0.0625. The Hall–Kier alpha value is -2.86. The van der Waals surface area contributed by atoms with Gasteiger partial charge in [0.05, 0.1) is 23.0 Å². The van der Waals surface area contributed by atoms with Gasteiger partial charge in [-0.2, -0.15) is 0 Å². The molecule has 2 N–H and O–H groups in total. The van der Waals surface area contributed by atoms with Crippen LogP contribution in [0.4, 0.5) is 0 Å². The minimum Gasteiger partial charge on any atom is -0.481 e. The van der Waals surface area contributed by atoms with Crippen molar-refractivity contribution >= 4 is 28.5 Å². The number of hydrogen-bond acceptors (Lipinski definition) is 3. The molecule has 0 aliphatic carbocycles. The molecule has 0 aliphatic heterocycles. The number of H-pyrrole nitrogens is 1. The van der Waals surface area contributed by atoms with E-state index < -0.39 is 17.2 Å². The number of aliphatic carboxylic acids is 1. The second kappa shape index (κ2) is 5.73. The Morgan fingerprint density at radius 3 is 2.70 bits per heavy atom. The van der Waals surface area contributed by atoms with Gasteiger partial charge in [0.15, 0.2) is 0 Å². The van der Waals surface area contributed by atoms with Gasteiger partial charge in [-0.05, 0) is 35.9 Å². The first-order valence-corrected chi connectivity index (χ1v) is 7.09. The van der Waals surface area contributed by atoms with Gasteiger partial charge in [0.25, 0.3) is 5.56 Å². The molecule has 23 heavy (non-hydrogen) atoms. The maximum Gasteiger partial charge on any atom is 0.333 e. The number of rotatable bonds is 3. The Kier molecular flexibility index (Phi) is 3.75. The Morgan fingerprint density at radius 1 is 1.17 bits per heavy atom. The number of benzene rings is 2. The summed E-state index contributed by atoms with van der Waals surface area (Å²) in [5.74, 6) is -0.969. The lowest BCUT2D eigenvalue weighted by Crippen LogP contribution is -2.29. The normalized spacial score (nSPS) is 10.8. The largest absolute Gasteiger partial charge is 0.481 e. The fourth-order valence-corrected chi connectivity index (χ4v) is 2.61. The van der Waals surface area contributed by atoms with E-state index >= 15 is 0 Å². The zero-order valence-electron chi connectivity index (χ0n) is 11.7. The first-order valence-electron chi connectivity index (χ1n) is 6.71. The number of aromatic amines is 1. The molecule has 0 spiro atoms. The number of carboxylic acid groups (broad SMARTS) is 1. The summed E-state index contributed by atoms with van der Waals surface area (Å²) < 4.78 is 1.30. The monoisotopic (exact) mass is 330 g/mol. The van der Waals surface area contributed by atoms with Crippen molar-refractivity contribution in [3.63, 3.8) is 0 Å². The first-order chi connectivity index (χ1) is 11.0. The molecule has 0 saturated carbocycles. The van der Waals surface area contributed by atoms with Crippen molar-refractivity contribution in [1.82, 2.24) is 9.55 Å². The van der Waals surface area contributed by atoms with Crippen LogP contribution in [0.25, 0.3) is 16.6 Å². The third-order valence-corrected chi connectivity index (χ3v) is 3.63. The van der Waals surface area contributed by atoms with Gasteiger partial charge in [0.2, 0.25) is 0 Å². The number of halogens is 1. The fourth-order valence-electron chi connectivity index (χ4n) is 2.45. The molecular formula is C16H11ClN2O4. The summed E-state index contributed by atoms with van der Waals surface area (Å²) in [7, 11) is 0. The molecule has 0 saturated heterocycles. The van der Waals surface area contributed by atoms with Crippen LogP contribution >= 0.6 is 11.6 Å². The predicted molar refractivity (Wildman–Crippen MR) is 86.5 cm³/mol. The quantitative estimate of drug-likeness (QED) is 0.768. The van der Waals surface area contributed by atoms with E-state index in [1.54, 1.807) is 30.3 Å². The molecule has 1 heterocycles. The van der Waals surface area contributed by atoms with E-state index in [1.807, 2.05) is 0 Å². The van der Waals surface area contributed by atoms with Crippen molar-refractivity contribution < 1.29 is 9.90 Å². The summed E-state index contributed by atoms with van der Waals surface area (Å²) in [4.78, 5) is 37.3. The molecule has 0 radical (unpaired) electrons. The van der Waals surface area contributed by atoms with Crippen molar-refractivity contribution in [2.45, 2.75) is 6.42 Å². The highest BCUT2D eigenvalue weighted by atomic mass is 35.5. The summed E-state index contributed by atoms with van der Waals surface area (Å²) in [6, 6.07) is 11.2. The maximum absolute atomic E-state index is 12.2. The average molecular weight is 331 g/mol. The standard InChI is InChI=1S/C16H11ClN2O4/c17-10-4-5-12-13(8-10)19(16(23)18-15(12)22)11-3-1-2-9(6-11)7-14(20)21/h1-6,8H,7H2,(H,20,21)(H,18,22,23). The molecule has 3 rings (SSSR count). The molecule has 0 fully saturated rings. The number of carboxylic acids is 1. The van der Waals surface area contributed by atoms with Gasteiger partial charge >= 0.3 is 11.7 Å². The number of nitrogens with one attached hydrogen (secondary N) is 1. The van der Waals surface area contributed by atoms with Crippen LogP contribution in [0, 0.1) is 0 Å². The van der Waals surface area contributed by atoms with Crippen molar-refractivity contribution in [1.29, 1.82) is 0 Å². The molecule has 0 unspecified atom stereocenters. The third kappa shape index (κ3) is 2.89. The Balaban J connectivity index is 2.32. The van der Waals surface area contributed by atoms with Crippen LogP contribution in [-0.4, -0.2) is 20.6 Å². The lowest BCUT2D eigenvalue weighted by atomic mass is 10.1. The van der Waals surface area contributed by atoms with Gasteiger partial charge in [0, 0.05) is 5.02 Å². The van der Waals surface area contributed by atoms with E-state index in [0.29, 0.717) is 27.2 Å². The van der Waals surface area contributed by atoms with Crippen LogP contribution in [-0.2, 0) is 11.2 Å². The number of nitrogens with zero attached hydrogens (tertiary/aromatic N) is 1. The minimum absolute atomic E-state index is 0.162. The Morgan fingerprint density at radius 2 is 1.96 bits per heavy atom. The van der Waals surface area contributed by atoms with Crippen LogP contribution in [0.15, 0.2) is 52.1 Å². The van der Waals surface area contributed by atoms with Gasteiger partial charge in [-0.15, -0.1) is 0 Å². The highest BCUT2D eigenvalue weighted by Crippen LogP contribution is 2.19. The zero-order chi connectivity index (χ0) is 16.6. The van der Waals surface area contributed by atoms with Gasteiger partial charge in [-0.3, -0.25) is 19.1 Å². The molecule has 0 amide bonds. The highest BCUT2D eigenvalue weighted by Gasteiger charge is 2.11. The maximum atomic E-state index is 12.2. The summed E-state index contributed by atoms with van der Waals surface area (Å²) in [5, 5.41) is 9.60. The Bertz CT molecular complexity index is 1040. The number of fused-ring (bicyclic) bond motifs is 1. The third-order valence-electron chi connectivity index (χ3n) is 3.39. The number of carbonyl (C=O) groups is 1. The van der Waals surface area contributed by atoms with Crippen LogP contribution in [0.3, 0.4) is 0 Å². The summed E-state index contributed by atoms with van der Waals surface area (Å²) >= 11 is 5.98. The average Bonchev–Trinajstić information content (AvgIpc) is 2.46. The van der Waals surface area contributed by atoms with Gasteiger partial charge in [-0.25, -0.2) is 4.79 Å². The van der Waals surface area contributed by atoms with Crippen LogP contribution in [0.1, 0.15) is 5.56 Å². The Labute approximate surface area is 134 Å². The minimum atomic E-state index is -0.969. The van der Waals surface area contributed by atoms with Crippen molar-refractivity contribution in [3.8, 4) is 5.69 Å². The van der Waals surface area contributed by atoms with Gasteiger partial charge in [-0.1, -0.05) is 23.7 Å². The second-order valence-electron chi connectivity index (χ2n) is 5.00. The molecule has 2 aromatic carbocycles. The van der Waals surface area contributed by atoms with Gasteiger partial charge in [0.1, 0.15) is 0 Å². The SMILES string of the molecule is O=C(O)Cc1cccc(-n2c(=O)[nH]c(=O)c3ccc(Cl)cc32)c1. The van der Waals surface area contributed by atoms with E-state index in [-0.39, 0.29) is 6.42 Å². The second-order valence-corrected chi connectivity index (χ2v) is 5.43. The van der Waals surface area contributed by atoms with E-state index in [2.05, 4.69) is 4.98 Å². The smallest absolute Gasteiger partial charge is 0.333 e. The molecule has 6 nitrogen and oxygen atoms in total. The molecule has 0 bridgehead atoms. The molecule has 0 aliphatic rings. The van der Waals surface area contributed by atoms with E-state index in [0.717, 1.165) is 0 Å². The molecule has 3 aromatic rings. The lowest BCUT2D eigenvalue weighted by Gasteiger charge is -2.11. The predicted octanol–water partition coefficient (Wildman–Crippen LogP) is 1.96.